The van der Waals surface area contributed by atoms with Crippen LogP contribution in [0.2, 0.25) is 0 Å². The topological polar surface area (TPSA) is 53.3 Å². The van der Waals surface area contributed by atoms with Crippen molar-refractivity contribution in [2.24, 2.45) is 11.8 Å². The van der Waals surface area contributed by atoms with E-state index >= 15 is 0 Å². The van der Waals surface area contributed by atoms with Gasteiger partial charge in [-0.15, -0.1) is 0 Å². The molecule has 1 amide bonds. The van der Waals surface area contributed by atoms with Crippen molar-refractivity contribution in [3.63, 3.8) is 0 Å². The van der Waals surface area contributed by atoms with E-state index in [0.29, 0.717) is 19.7 Å². The van der Waals surface area contributed by atoms with E-state index in [4.69, 9.17) is 10.00 Å². The fourth-order valence-electron chi connectivity index (χ4n) is 1.85. The first-order chi connectivity index (χ1) is 7.60. The van der Waals surface area contributed by atoms with Crippen LogP contribution in [0.4, 0.5) is 0 Å². The Morgan fingerprint density at radius 3 is 2.81 bits per heavy atom. The van der Waals surface area contributed by atoms with E-state index < -0.39 is 5.92 Å². The standard InChI is InChI=1S/C12H20N2O2/c1-4-10-8-14(5-6-16-10)12(15)11(7-13)9(2)3/h9-11H,4-6,8H2,1-3H3. The number of ether oxygens (including phenoxy) is 1. The third kappa shape index (κ3) is 2.96. The minimum Gasteiger partial charge on any atom is -0.375 e. The maximum atomic E-state index is 12.1. The van der Waals surface area contributed by atoms with Crippen LogP contribution in [0.5, 0.6) is 0 Å². The van der Waals surface area contributed by atoms with Gasteiger partial charge < -0.3 is 9.64 Å². The number of hydrogen-bond donors (Lipinski definition) is 0. The first kappa shape index (κ1) is 13.0. The van der Waals surface area contributed by atoms with Crippen LogP contribution in [-0.2, 0) is 9.53 Å². The van der Waals surface area contributed by atoms with Crippen LogP contribution in [0.25, 0.3) is 0 Å². The van der Waals surface area contributed by atoms with Crippen molar-refractivity contribution in [2.45, 2.75) is 33.3 Å². The Bertz CT molecular complexity index is 283. The van der Waals surface area contributed by atoms with Gasteiger partial charge in [0.15, 0.2) is 0 Å². The zero-order valence-corrected chi connectivity index (χ0v) is 10.3. The SMILES string of the molecule is CCC1CN(C(=O)C(C#N)C(C)C)CCO1. The molecule has 0 aliphatic carbocycles. The first-order valence-corrected chi connectivity index (χ1v) is 5.90. The number of nitrogens with zero attached hydrogens (tertiary/aromatic N) is 2. The smallest absolute Gasteiger partial charge is 0.240 e. The van der Waals surface area contributed by atoms with Gasteiger partial charge in [0.25, 0.3) is 0 Å². The quantitative estimate of drug-likeness (QED) is 0.728. The summed E-state index contributed by atoms with van der Waals surface area (Å²) in [5, 5.41) is 8.99. The fourth-order valence-corrected chi connectivity index (χ4v) is 1.85. The molecule has 0 N–H and O–H groups in total. The second-order valence-corrected chi connectivity index (χ2v) is 4.54. The summed E-state index contributed by atoms with van der Waals surface area (Å²) in [4.78, 5) is 13.8. The van der Waals surface area contributed by atoms with Gasteiger partial charge in [-0.1, -0.05) is 20.8 Å². The molecule has 2 atom stereocenters. The lowest BCUT2D eigenvalue weighted by Gasteiger charge is -2.34. The maximum Gasteiger partial charge on any atom is 0.240 e. The minimum atomic E-state index is -0.518. The predicted molar refractivity (Wildman–Crippen MR) is 60.6 cm³/mol. The Morgan fingerprint density at radius 2 is 2.31 bits per heavy atom. The van der Waals surface area contributed by atoms with Gasteiger partial charge >= 0.3 is 0 Å². The van der Waals surface area contributed by atoms with E-state index in [1.165, 1.54) is 0 Å². The van der Waals surface area contributed by atoms with Crippen LogP contribution in [0, 0.1) is 23.2 Å². The highest BCUT2D eigenvalue weighted by Gasteiger charge is 2.30. The van der Waals surface area contributed by atoms with Crippen LogP contribution in [0.3, 0.4) is 0 Å². The molecule has 90 valence electrons. The number of amides is 1. The zero-order valence-electron chi connectivity index (χ0n) is 10.3. The molecule has 1 heterocycles. The summed E-state index contributed by atoms with van der Waals surface area (Å²) in [6.45, 7) is 7.68. The summed E-state index contributed by atoms with van der Waals surface area (Å²) in [5.41, 5.74) is 0. The molecule has 2 unspecified atom stereocenters. The minimum absolute atomic E-state index is 0.0424. The van der Waals surface area contributed by atoms with Crippen LogP contribution in [0.15, 0.2) is 0 Å². The third-order valence-corrected chi connectivity index (χ3v) is 2.98. The molecule has 16 heavy (non-hydrogen) atoms. The van der Waals surface area contributed by atoms with Crippen molar-refractivity contribution < 1.29 is 9.53 Å². The number of nitriles is 1. The zero-order chi connectivity index (χ0) is 12.1. The highest BCUT2D eigenvalue weighted by Crippen LogP contribution is 2.16. The Morgan fingerprint density at radius 1 is 1.62 bits per heavy atom. The van der Waals surface area contributed by atoms with Crippen molar-refractivity contribution in [1.82, 2.24) is 4.90 Å². The molecule has 0 spiro atoms. The van der Waals surface area contributed by atoms with Crippen molar-refractivity contribution in [3.05, 3.63) is 0 Å². The Balaban J connectivity index is 2.63. The molecule has 0 aromatic heterocycles. The molecule has 0 radical (unpaired) electrons. The molecule has 1 fully saturated rings. The normalized spacial score (nSPS) is 22.9. The lowest BCUT2D eigenvalue weighted by atomic mass is 9.95. The number of rotatable bonds is 3. The van der Waals surface area contributed by atoms with Crippen LogP contribution < -0.4 is 0 Å². The molecule has 4 nitrogen and oxygen atoms in total. The number of morpholine rings is 1. The Hall–Kier alpha value is -1.08. The highest BCUT2D eigenvalue weighted by molar-refractivity contribution is 5.81. The molecule has 0 bridgehead atoms. The summed E-state index contributed by atoms with van der Waals surface area (Å²) >= 11 is 0. The Labute approximate surface area is 97.2 Å². The maximum absolute atomic E-state index is 12.1. The van der Waals surface area contributed by atoms with Crippen LogP contribution in [-0.4, -0.2) is 36.6 Å². The molecular weight excluding hydrogens is 204 g/mol. The summed E-state index contributed by atoms with van der Waals surface area (Å²) < 4.78 is 5.50. The summed E-state index contributed by atoms with van der Waals surface area (Å²) in [7, 11) is 0. The van der Waals surface area contributed by atoms with Gasteiger partial charge in [0, 0.05) is 13.1 Å². The van der Waals surface area contributed by atoms with E-state index in [0.717, 1.165) is 6.42 Å². The summed E-state index contributed by atoms with van der Waals surface area (Å²) in [6.07, 6.45) is 1.03. The number of carbonyl (C=O) groups excluding carboxylic acids is 1. The molecule has 0 aromatic rings. The average molecular weight is 224 g/mol. The average Bonchev–Trinajstić information content (AvgIpc) is 2.29. The van der Waals surface area contributed by atoms with Crippen LogP contribution in [0.1, 0.15) is 27.2 Å². The van der Waals surface area contributed by atoms with E-state index in [9.17, 15) is 4.79 Å². The molecule has 1 rings (SSSR count). The molecule has 1 saturated heterocycles. The van der Waals surface area contributed by atoms with Crippen molar-refractivity contribution in [3.8, 4) is 6.07 Å². The summed E-state index contributed by atoms with van der Waals surface area (Å²) in [6, 6.07) is 2.10. The lowest BCUT2D eigenvalue weighted by Crippen LogP contribution is -2.48. The van der Waals surface area contributed by atoms with Gasteiger partial charge in [-0.05, 0) is 12.3 Å². The van der Waals surface area contributed by atoms with Crippen LogP contribution >= 0.6 is 0 Å². The van der Waals surface area contributed by atoms with Gasteiger partial charge in [-0.25, -0.2) is 0 Å². The largest absolute Gasteiger partial charge is 0.375 e. The molecule has 1 aliphatic heterocycles. The van der Waals surface area contributed by atoms with Gasteiger partial charge in [0.1, 0.15) is 5.92 Å². The van der Waals surface area contributed by atoms with Crippen molar-refractivity contribution in [2.75, 3.05) is 19.7 Å². The monoisotopic (exact) mass is 224 g/mol. The van der Waals surface area contributed by atoms with E-state index in [1.807, 2.05) is 20.8 Å². The predicted octanol–water partition coefficient (Wildman–Crippen LogP) is 1.42. The van der Waals surface area contributed by atoms with Gasteiger partial charge in [0.2, 0.25) is 5.91 Å². The second-order valence-electron chi connectivity index (χ2n) is 4.54. The fraction of sp³-hybridized carbons (Fsp3) is 0.833. The van der Waals surface area contributed by atoms with E-state index in [1.54, 1.807) is 4.90 Å². The van der Waals surface area contributed by atoms with E-state index in [-0.39, 0.29) is 17.9 Å². The van der Waals surface area contributed by atoms with Crippen molar-refractivity contribution in [1.29, 1.82) is 5.26 Å². The number of hydrogen-bond acceptors (Lipinski definition) is 3. The van der Waals surface area contributed by atoms with Gasteiger partial charge in [0.05, 0.1) is 18.8 Å². The molecule has 4 heteroatoms. The van der Waals surface area contributed by atoms with Gasteiger partial charge in [-0.2, -0.15) is 5.26 Å². The van der Waals surface area contributed by atoms with E-state index in [2.05, 4.69) is 6.07 Å². The summed E-state index contributed by atoms with van der Waals surface area (Å²) in [5.74, 6) is -0.490. The Kier molecular flexibility index (Phi) is 4.75. The third-order valence-electron chi connectivity index (χ3n) is 2.98. The van der Waals surface area contributed by atoms with Crippen molar-refractivity contribution >= 4 is 5.91 Å². The molecule has 1 aliphatic rings. The second kappa shape index (κ2) is 5.86. The molecule has 0 aromatic carbocycles. The molecular formula is C12H20N2O2. The highest BCUT2D eigenvalue weighted by atomic mass is 16.5. The first-order valence-electron chi connectivity index (χ1n) is 5.90. The van der Waals surface area contributed by atoms with Gasteiger partial charge in [-0.3, -0.25) is 4.79 Å². The number of carbonyl (C=O) groups is 1. The molecule has 0 saturated carbocycles. The lowest BCUT2D eigenvalue weighted by molar-refractivity contribution is -0.142.